The maximum atomic E-state index is 12.4. The molecule has 1 fully saturated rings. The lowest BCUT2D eigenvalue weighted by molar-refractivity contribution is -0.121. The first-order valence-corrected chi connectivity index (χ1v) is 10.8. The molecule has 0 atom stereocenters. The van der Waals surface area contributed by atoms with E-state index in [1.54, 1.807) is 6.07 Å². The van der Waals surface area contributed by atoms with Crippen molar-refractivity contribution in [1.29, 1.82) is 0 Å². The third-order valence-electron chi connectivity index (χ3n) is 3.85. The van der Waals surface area contributed by atoms with E-state index < -0.39 is 10.0 Å². The largest absolute Gasteiger partial charge is 0.356 e. The van der Waals surface area contributed by atoms with Gasteiger partial charge in [-0.05, 0) is 50.4 Å². The zero-order valence-corrected chi connectivity index (χ0v) is 17.2. The van der Waals surface area contributed by atoms with Crippen molar-refractivity contribution in [3.63, 3.8) is 0 Å². The van der Waals surface area contributed by atoms with E-state index in [4.69, 9.17) is 0 Å². The molecule has 1 saturated heterocycles. The standard InChI is InChI=1S/C16H27N3O3S2.ClH/c1-12(2)11-15(20)18-10-7-14-3-4-16(23-14)24(21,22)19-13-5-8-17-9-6-13;/h3-4,12-13,17,19H,5-11H2,1-2H3,(H,18,20);1H. The van der Waals surface area contributed by atoms with E-state index in [-0.39, 0.29) is 24.4 Å². The van der Waals surface area contributed by atoms with Gasteiger partial charge in [-0.2, -0.15) is 0 Å². The highest BCUT2D eigenvalue weighted by atomic mass is 35.5. The number of carbonyl (C=O) groups is 1. The molecule has 0 spiro atoms. The molecule has 6 nitrogen and oxygen atoms in total. The Balaban J connectivity index is 0.00000312. The normalized spacial score (nSPS) is 15.8. The molecule has 25 heavy (non-hydrogen) atoms. The maximum absolute atomic E-state index is 12.4. The molecule has 3 N–H and O–H groups in total. The van der Waals surface area contributed by atoms with Gasteiger partial charge in [0, 0.05) is 23.9 Å². The number of hydrogen-bond donors (Lipinski definition) is 3. The van der Waals surface area contributed by atoms with Crippen LogP contribution < -0.4 is 15.4 Å². The second kappa shape index (κ2) is 10.5. The van der Waals surface area contributed by atoms with E-state index in [9.17, 15) is 13.2 Å². The lowest BCUT2D eigenvalue weighted by Gasteiger charge is -2.23. The number of hydrogen-bond acceptors (Lipinski definition) is 5. The van der Waals surface area contributed by atoms with Crippen molar-refractivity contribution in [3.8, 4) is 0 Å². The predicted molar refractivity (Wildman–Crippen MR) is 104 cm³/mol. The van der Waals surface area contributed by atoms with Crippen LogP contribution in [0, 0.1) is 5.92 Å². The quantitative estimate of drug-likeness (QED) is 0.612. The van der Waals surface area contributed by atoms with E-state index in [1.165, 1.54) is 11.3 Å². The molecule has 0 aliphatic carbocycles. The van der Waals surface area contributed by atoms with Gasteiger partial charge in [0.25, 0.3) is 0 Å². The van der Waals surface area contributed by atoms with Crippen molar-refractivity contribution in [3.05, 3.63) is 17.0 Å². The Morgan fingerprint density at radius 2 is 2.00 bits per heavy atom. The van der Waals surface area contributed by atoms with Crippen molar-refractivity contribution in [2.75, 3.05) is 19.6 Å². The van der Waals surface area contributed by atoms with E-state index in [1.807, 2.05) is 19.9 Å². The molecule has 2 heterocycles. The molecule has 0 saturated carbocycles. The summed E-state index contributed by atoms with van der Waals surface area (Å²) in [7, 11) is -3.44. The second-order valence-corrected chi connectivity index (χ2v) is 9.67. The predicted octanol–water partition coefficient (Wildman–Crippen LogP) is 1.90. The fourth-order valence-electron chi connectivity index (χ4n) is 2.62. The Hall–Kier alpha value is -0.670. The molecule has 1 aromatic heterocycles. The third-order valence-corrected chi connectivity index (χ3v) is 7.01. The Kier molecular flexibility index (Phi) is 9.37. The molecule has 144 valence electrons. The number of sulfonamides is 1. The van der Waals surface area contributed by atoms with Gasteiger partial charge in [0.1, 0.15) is 4.21 Å². The number of piperidine rings is 1. The van der Waals surface area contributed by atoms with Gasteiger partial charge in [0.15, 0.2) is 0 Å². The summed E-state index contributed by atoms with van der Waals surface area (Å²) in [4.78, 5) is 12.6. The van der Waals surface area contributed by atoms with Gasteiger partial charge in [-0.3, -0.25) is 4.79 Å². The molecule has 0 bridgehead atoms. The van der Waals surface area contributed by atoms with Crippen molar-refractivity contribution >= 4 is 39.7 Å². The minimum absolute atomic E-state index is 0. The second-order valence-electron chi connectivity index (χ2n) is 6.56. The number of thiophene rings is 1. The van der Waals surface area contributed by atoms with Gasteiger partial charge < -0.3 is 10.6 Å². The summed E-state index contributed by atoms with van der Waals surface area (Å²) in [6, 6.07) is 3.49. The first-order chi connectivity index (χ1) is 11.4. The Labute approximate surface area is 160 Å². The number of halogens is 1. The lowest BCUT2D eigenvalue weighted by Crippen LogP contribution is -2.42. The highest BCUT2D eigenvalue weighted by Crippen LogP contribution is 2.22. The van der Waals surface area contributed by atoms with Crippen LogP contribution in [0.2, 0.25) is 0 Å². The van der Waals surface area contributed by atoms with Crippen molar-refractivity contribution in [2.45, 2.75) is 49.8 Å². The van der Waals surface area contributed by atoms with Crippen molar-refractivity contribution in [2.24, 2.45) is 5.92 Å². The summed E-state index contributed by atoms with van der Waals surface area (Å²) in [6.07, 6.45) is 2.81. The Morgan fingerprint density at radius 3 is 2.64 bits per heavy atom. The lowest BCUT2D eigenvalue weighted by atomic mass is 10.1. The summed E-state index contributed by atoms with van der Waals surface area (Å²) >= 11 is 1.28. The van der Waals surface area contributed by atoms with Crippen LogP contribution in [0.3, 0.4) is 0 Å². The summed E-state index contributed by atoms with van der Waals surface area (Å²) in [6.45, 7) is 6.24. The summed E-state index contributed by atoms with van der Waals surface area (Å²) in [5.41, 5.74) is 0. The van der Waals surface area contributed by atoms with Gasteiger partial charge in [-0.15, -0.1) is 23.7 Å². The molecule has 1 amide bonds. The Bertz CT molecular complexity index is 641. The van der Waals surface area contributed by atoms with Gasteiger partial charge >= 0.3 is 0 Å². The molecule has 0 radical (unpaired) electrons. The molecule has 0 unspecified atom stereocenters. The number of amides is 1. The molecular formula is C16H28ClN3O3S2. The monoisotopic (exact) mass is 409 g/mol. The summed E-state index contributed by atoms with van der Waals surface area (Å²) < 4.78 is 28.0. The molecule has 1 aromatic rings. The van der Waals surface area contributed by atoms with Crippen LogP contribution in [-0.2, 0) is 21.2 Å². The minimum atomic E-state index is -3.44. The first-order valence-electron chi connectivity index (χ1n) is 8.45. The fourth-order valence-corrected chi connectivity index (χ4v) is 5.30. The van der Waals surface area contributed by atoms with Crippen molar-refractivity contribution < 1.29 is 13.2 Å². The molecule has 0 aromatic carbocycles. The summed E-state index contributed by atoms with van der Waals surface area (Å²) in [5, 5.41) is 6.09. The average Bonchev–Trinajstić information content (AvgIpc) is 2.97. The highest BCUT2D eigenvalue weighted by molar-refractivity contribution is 7.91. The zero-order chi connectivity index (χ0) is 17.6. The van der Waals surface area contributed by atoms with E-state index in [0.717, 1.165) is 30.8 Å². The van der Waals surface area contributed by atoms with Gasteiger partial charge in [0.05, 0.1) is 0 Å². The van der Waals surface area contributed by atoms with Gasteiger partial charge in [0.2, 0.25) is 15.9 Å². The summed E-state index contributed by atoms with van der Waals surface area (Å²) in [5.74, 6) is 0.381. The fraction of sp³-hybridized carbons (Fsp3) is 0.688. The van der Waals surface area contributed by atoms with Gasteiger partial charge in [-0.25, -0.2) is 13.1 Å². The smallest absolute Gasteiger partial charge is 0.250 e. The minimum Gasteiger partial charge on any atom is -0.356 e. The molecule has 1 aliphatic heterocycles. The van der Waals surface area contributed by atoms with Gasteiger partial charge in [-0.1, -0.05) is 13.8 Å². The highest BCUT2D eigenvalue weighted by Gasteiger charge is 2.23. The first kappa shape index (κ1) is 22.4. The number of rotatable bonds is 8. The van der Waals surface area contributed by atoms with E-state index in [0.29, 0.717) is 29.5 Å². The van der Waals surface area contributed by atoms with Crippen LogP contribution in [0.5, 0.6) is 0 Å². The van der Waals surface area contributed by atoms with E-state index in [2.05, 4.69) is 15.4 Å². The van der Waals surface area contributed by atoms with Crippen LogP contribution in [0.1, 0.15) is 38.0 Å². The SMILES string of the molecule is CC(C)CC(=O)NCCc1ccc(S(=O)(=O)NC2CCNCC2)s1.Cl. The van der Waals surface area contributed by atoms with Crippen LogP contribution in [0.15, 0.2) is 16.3 Å². The third kappa shape index (κ3) is 7.62. The molecule has 9 heteroatoms. The van der Waals surface area contributed by atoms with Crippen LogP contribution in [-0.4, -0.2) is 40.0 Å². The maximum Gasteiger partial charge on any atom is 0.250 e. The van der Waals surface area contributed by atoms with Crippen LogP contribution in [0.4, 0.5) is 0 Å². The molecular weight excluding hydrogens is 382 g/mol. The van der Waals surface area contributed by atoms with Crippen LogP contribution in [0.25, 0.3) is 0 Å². The van der Waals surface area contributed by atoms with E-state index >= 15 is 0 Å². The average molecular weight is 410 g/mol. The van der Waals surface area contributed by atoms with Crippen molar-refractivity contribution in [1.82, 2.24) is 15.4 Å². The zero-order valence-electron chi connectivity index (χ0n) is 14.7. The Morgan fingerprint density at radius 1 is 1.32 bits per heavy atom. The molecule has 2 rings (SSSR count). The van der Waals surface area contributed by atoms with Crippen LogP contribution >= 0.6 is 23.7 Å². The number of carbonyl (C=O) groups excluding carboxylic acids is 1. The molecule has 1 aliphatic rings. The topological polar surface area (TPSA) is 87.3 Å². The number of nitrogens with one attached hydrogen (secondary N) is 3.